The van der Waals surface area contributed by atoms with E-state index >= 15 is 0 Å². The summed E-state index contributed by atoms with van der Waals surface area (Å²) in [7, 11) is 1.49. The summed E-state index contributed by atoms with van der Waals surface area (Å²) >= 11 is 0. The molecule has 0 bridgehead atoms. The van der Waals surface area contributed by atoms with Gasteiger partial charge in [0.2, 0.25) is 0 Å². The summed E-state index contributed by atoms with van der Waals surface area (Å²) in [6.07, 6.45) is 0. The lowest BCUT2D eigenvalue weighted by atomic mass is 9.99. The molecule has 15 heavy (non-hydrogen) atoms. The molecule has 0 aromatic heterocycles. The topological polar surface area (TPSA) is 61.7 Å². The van der Waals surface area contributed by atoms with Gasteiger partial charge in [0.1, 0.15) is 0 Å². The molecule has 4 nitrogen and oxygen atoms in total. The molecule has 4 heteroatoms. The van der Waals surface area contributed by atoms with Crippen LogP contribution in [0.1, 0.15) is 30.9 Å². The fraction of sp³-hybridized carbons (Fsp3) is 0.455. The van der Waals surface area contributed by atoms with Crippen molar-refractivity contribution in [3.8, 4) is 11.5 Å². The Morgan fingerprint density at radius 1 is 1.40 bits per heavy atom. The van der Waals surface area contributed by atoms with Crippen molar-refractivity contribution in [1.82, 2.24) is 5.48 Å². The van der Waals surface area contributed by atoms with Crippen molar-refractivity contribution >= 4 is 0 Å². The van der Waals surface area contributed by atoms with Gasteiger partial charge in [0.05, 0.1) is 7.11 Å². The summed E-state index contributed by atoms with van der Waals surface area (Å²) in [6, 6.07) is 3.59. The zero-order valence-electron chi connectivity index (χ0n) is 9.24. The van der Waals surface area contributed by atoms with Gasteiger partial charge < -0.3 is 15.1 Å². The van der Waals surface area contributed by atoms with Gasteiger partial charge in [-0.2, -0.15) is 0 Å². The molecule has 1 rings (SSSR count). The van der Waals surface area contributed by atoms with Crippen LogP contribution in [-0.2, 0) is 6.54 Å². The van der Waals surface area contributed by atoms with Gasteiger partial charge in [-0.3, -0.25) is 0 Å². The number of phenolic OH excluding ortho intramolecular Hbond substituents is 1. The number of rotatable bonds is 4. The Labute approximate surface area is 89.5 Å². The summed E-state index contributed by atoms with van der Waals surface area (Å²) in [5.74, 6) is 0.828. The third-order valence-electron chi connectivity index (χ3n) is 2.31. The molecule has 0 heterocycles. The number of nitrogens with one attached hydrogen (secondary N) is 1. The van der Waals surface area contributed by atoms with Crippen LogP contribution in [0.4, 0.5) is 0 Å². The molecule has 0 saturated heterocycles. The van der Waals surface area contributed by atoms with Gasteiger partial charge in [-0.05, 0) is 17.5 Å². The maximum absolute atomic E-state index is 9.71. The number of hydrogen-bond donors (Lipinski definition) is 3. The van der Waals surface area contributed by atoms with E-state index in [-0.39, 0.29) is 12.3 Å². The number of aromatic hydroxyl groups is 1. The lowest BCUT2D eigenvalue weighted by molar-refractivity contribution is 0.160. The molecule has 1 aromatic carbocycles. The van der Waals surface area contributed by atoms with Gasteiger partial charge >= 0.3 is 0 Å². The lowest BCUT2D eigenvalue weighted by Crippen LogP contribution is -2.08. The van der Waals surface area contributed by atoms with Crippen molar-refractivity contribution in [2.75, 3.05) is 7.11 Å². The molecule has 3 N–H and O–H groups in total. The highest BCUT2D eigenvalue weighted by Crippen LogP contribution is 2.33. The fourth-order valence-corrected chi connectivity index (χ4v) is 1.48. The molecular formula is C11H17NO3. The van der Waals surface area contributed by atoms with Crippen LogP contribution < -0.4 is 10.2 Å². The van der Waals surface area contributed by atoms with E-state index < -0.39 is 0 Å². The highest BCUT2D eigenvalue weighted by molar-refractivity contribution is 5.49. The maximum atomic E-state index is 9.71. The fourth-order valence-electron chi connectivity index (χ4n) is 1.48. The highest BCUT2D eigenvalue weighted by atomic mass is 16.5. The van der Waals surface area contributed by atoms with Crippen molar-refractivity contribution in [1.29, 1.82) is 0 Å². The Balaban J connectivity index is 3.19. The van der Waals surface area contributed by atoms with E-state index in [4.69, 9.17) is 9.94 Å². The van der Waals surface area contributed by atoms with E-state index in [0.717, 1.165) is 11.1 Å². The first-order valence-electron chi connectivity index (χ1n) is 4.86. The van der Waals surface area contributed by atoms with Crippen LogP contribution in [0.5, 0.6) is 11.5 Å². The van der Waals surface area contributed by atoms with Crippen molar-refractivity contribution in [3.63, 3.8) is 0 Å². The Hall–Kier alpha value is -1.26. The van der Waals surface area contributed by atoms with Crippen molar-refractivity contribution < 1.29 is 15.1 Å². The predicted octanol–water partition coefficient (Wildman–Crippen LogP) is 2.00. The predicted molar refractivity (Wildman–Crippen MR) is 57.4 cm³/mol. The molecule has 0 atom stereocenters. The van der Waals surface area contributed by atoms with Crippen LogP contribution in [0.25, 0.3) is 0 Å². The van der Waals surface area contributed by atoms with Gasteiger partial charge in [-0.15, -0.1) is 0 Å². The van der Waals surface area contributed by atoms with E-state index in [9.17, 15) is 5.11 Å². The minimum absolute atomic E-state index is 0.106. The first kappa shape index (κ1) is 11.8. The first-order chi connectivity index (χ1) is 7.10. The van der Waals surface area contributed by atoms with Crippen LogP contribution in [0.3, 0.4) is 0 Å². The van der Waals surface area contributed by atoms with E-state index in [2.05, 4.69) is 5.48 Å². The van der Waals surface area contributed by atoms with E-state index in [1.807, 2.05) is 19.9 Å². The molecule has 0 fully saturated rings. The molecule has 0 unspecified atom stereocenters. The average molecular weight is 211 g/mol. The first-order valence-corrected chi connectivity index (χ1v) is 4.86. The SMILES string of the molecule is COc1c(O)cc(C(C)C)cc1CNO. The number of ether oxygens (including phenoxy) is 1. The second-order valence-corrected chi connectivity index (χ2v) is 3.72. The van der Waals surface area contributed by atoms with Gasteiger partial charge in [-0.25, -0.2) is 5.48 Å². The molecule has 0 aliphatic carbocycles. The van der Waals surface area contributed by atoms with Crippen LogP contribution in [0.15, 0.2) is 12.1 Å². The van der Waals surface area contributed by atoms with E-state index in [0.29, 0.717) is 11.7 Å². The molecule has 0 saturated carbocycles. The summed E-state index contributed by atoms with van der Waals surface area (Å²) in [5, 5.41) is 18.4. The molecule has 0 amide bonds. The molecular weight excluding hydrogens is 194 g/mol. The molecule has 1 aromatic rings. The average Bonchev–Trinajstić information content (AvgIpc) is 2.17. The van der Waals surface area contributed by atoms with Crippen LogP contribution in [0.2, 0.25) is 0 Å². The smallest absolute Gasteiger partial charge is 0.165 e. The number of hydrogen-bond acceptors (Lipinski definition) is 4. The molecule has 84 valence electrons. The quantitative estimate of drug-likeness (QED) is 0.667. The summed E-state index contributed by atoms with van der Waals surface area (Å²) in [6.45, 7) is 4.33. The van der Waals surface area contributed by atoms with Crippen molar-refractivity contribution in [3.05, 3.63) is 23.3 Å². The molecule has 0 aliphatic heterocycles. The second kappa shape index (κ2) is 5.00. The van der Waals surface area contributed by atoms with Crippen LogP contribution in [-0.4, -0.2) is 17.4 Å². The summed E-state index contributed by atoms with van der Waals surface area (Å²) in [5.41, 5.74) is 3.81. The Morgan fingerprint density at radius 2 is 2.07 bits per heavy atom. The van der Waals surface area contributed by atoms with Crippen molar-refractivity contribution in [2.24, 2.45) is 0 Å². The van der Waals surface area contributed by atoms with E-state index in [1.165, 1.54) is 7.11 Å². The largest absolute Gasteiger partial charge is 0.504 e. The molecule has 0 aliphatic rings. The lowest BCUT2D eigenvalue weighted by Gasteiger charge is -2.14. The minimum Gasteiger partial charge on any atom is -0.504 e. The van der Waals surface area contributed by atoms with Gasteiger partial charge in [-0.1, -0.05) is 19.9 Å². The van der Waals surface area contributed by atoms with Crippen LogP contribution >= 0.6 is 0 Å². The highest BCUT2D eigenvalue weighted by Gasteiger charge is 2.12. The van der Waals surface area contributed by atoms with E-state index in [1.54, 1.807) is 6.07 Å². The second-order valence-electron chi connectivity index (χ2n) is 3.72. The Bertz CT molecular complexity index is 337. The van der Waals surface area contributed by atoms with Crippen molar-refractivity contribution in [2.45, 2.75) is 26.3 Å². The number of phenols is 1. The zero-order valence-corrected chi connectivity index (χ0v) is 9.24. The standard InChI is InChI=1S/C11H17NO3/c1-7(2)8-4-9(6-12-14)11(15-3)10(13)5-8/h4-5,7,12-14H,6H2,1-3H3. The van der Waals surface area contributed by atoms with Crippen LogP contribution in [0, 0.1) is 0 Å². The monoisotopic (exact) mass is 211 g/mol. The van der Waals surface area contributed by atoms with Gasteiger partial charge in [0.25, 0.3) is 0 Å². The van der Waals surface area contributed by atoms with Gasteiger partial charge in [0, 0.05) is 12.1 Å². The molecule has 0 spiro atoms. The Morgan fingerprint density at radius 3 is 2.53 bits per heavy atom. The summed E-state index contributed by atoms with van der Waals surface area (Å²) in [4.78, 5) is 0. The zero-order chi connectivity index (χ0) is 11.4. The Kier molecular flexibility index (Phi) is 3.94. The van der Waals surface area contributed by atoms with Gasteiger partial charge in [0.15, 0.2) is 11.5 Å². The number of benzene rings is 1. The number of hydroxylamine groups is 1. The minimum atomic E-state index is 0.106. The normalized spacial score (nSPS) is 10.7. The third-order valence-corrected chi connectivity index (χ3v) is 2.31. The molecule has 0 radical (unpaired) electrons. The third kappa shape index (κ3) is 2.61. The summed E-state index contributed by atoms with van der Waals surface area (Å²) < 4.78 is 5.06. The number of methoxy groups -OCH3 is 1. The maximum Gasteiger partial charge on any atom is 0.165 e.